The van der Waals surface area contributed by atoms with Gasteiger partial charge in [0.1, 0.15) is 0 Å². The number of aliphatic hydroxyl groups is 8. The molecule has 252 valence electrons. The number of carboxylic acids is 1. The number of hydrogen-bond donors (Lipinski definition) is 10. The minimum Gasteiger partial charge on any atom is -0.481 e. The average molecular weight is 667 g/mol. The monoisotopic (exact) mass is 667 g/mol. The van der Waals surface area contributed by atoms with Gasteiger partial charge in [0.05, 0.1) is 5.56 Å². The molecule has 1 aliphatic rings. The molecule has 44 heavy (non-hydrogen) atoms. The molecule has 1 aromatic rings. The third-order valence-corrected chi connectivity index (χ3v) is 5.92. The maximum atomic E-state index is 13.3. The maximum Gasteiger partial charge on any atom is 0.434 e. The Morgan fingerprint density at radius 1 is 0.818 bits per heavy atom. The van der Waals surface area contributed by atoms with Crippen molar-refractivity contribution in [3.8, 4) is 0 Å². The molecular weight excluding hydrogens is 645 g/mol. The van der Waals surface area contributed by atoms with Crippen LogP contribution in [0.25, 0.3) is 0 Å². The Balaban J connectivity index is 2.61. The number of nitrogens with one attached hydrogen (secondary N) is 1. The van der Waals surface area contributed by atoms with Gasteiger partial charge in [0, 0.05) is 25.2 Å². The fourth-order valence-electron chi connectivity index (χ4n) is 3.73. The predicted octanol–water partition coefficient (Wildman–Crippen LogP) is -0.717. The van der Waals surface area contributed by atoms with Gasteiger partial charge in [-0.2, -0.15) is 49.3 Å². The van der Waals surface area contributed by atoms with E-state index in [1.54, 1.807) is 0 Å². The molecular formula is C20H22F9N3O12. The second-order valence-electron chi connectivity index (χ2n) is 9.10. The number of alkyl halides is 9. The number of rotatable bonds is 8. The quantitative estimate of drug-likeness (QED) is 0.0935. The molecule has 0 aromatic heterocycles. The van der Waals surface area contributed by atoms with Crippen LogP contribution in [-0.4, -0.2) is 116 Å². The molecule has 0 radical (unpaired) electrons. The highest BCUT2D eigenvalue weighted by Crippen LogP contribution is 2.46. The van der Waals surface area contributed by atoms with E-state index < -0.39 is 106 Å². The number of piperazine rings is 1. The molecule has 1 aromatic carbocycles. The van der Waals surface area contributed by atoms with E-state index in [4.69, 9.17) is 5.11 Å². The van der Waals surface area contributed by atoms with Gasteiger partial charge >= 0.3 is 54.2 Å². The lowest BCUT2D eigenvalue weighted by Crippen LogP contribution is -2.90. The fraction of sp³-hybridized carbons (Fsp3) is 0.600. The van der Waals surface area contributed by atoms with Gasteiger partial charge in [-0.3, -0.25) is 4.79 Å². The SMILES string of the molecule is O=C(O)CCCNc1cc(C(F)(F)F)ccc1CN1C(O)(O)C(O)(O)N(C(=O)OC(C(F)(F)F)C(F)(F)F)C(O)(O)C1(O)O. The Bertz CT molecular complexity index is 1190. The number of anilines is 1. The number of ether oxygens (including phenoxy) is 1. The van der Waals surface area contributed by atoms with E-state index in [2.05, 4.69) is 10.1 Å². The molecule has 0 bridgehead atoms. The van der Waals surface area contributed by atoms with Crippen LogP contribution >= 0.6 is 0 Å². The normalized spacial score (nSPS) is 20.0. The Kier molecular flexibility index (Phi) is 9.75. The van der Waals surface area contributed by atoms with Crippen LogP contribution in [0.5, 0.6) is 0 Å². The number of carbonyl (C=O) groups excluding carboxylic acids is 1. The summed E-state index contributed by atoms with van der Waals surface area (Å²) in [6.07, 6.45) is -27.4. The molecule has 10 N–H and O–H groups in total. The zero-order chi connectivity index (χ0) is 34.5. The number of hydrogen-bond acceptors (Lipinski definition) is 13. The zero-order valence-corrected chi connectivity index (χ0v) is 21.2. The number of halogens is 9. The summed E-state index contributed by atoms with van der Waals surface area (Å²) < 4.78 is 120. The van der Waals surface area contributed by atoms with Crippen molar-refractivity contribution < 1.29 is 99.8 Å². The second kappa shape index (κ2) is 11.6. The van der Waals surface area contributed by atoms with Crippen LogP contribution in [0, 0.1) is 0 Å². The first-order valence-electron chi connectivity index (χ1n) is 11.4. The third-order valence-electron chi connectivity index (χ3n) is 5.92. The van der Waals surface area contributed by atoms with Crippen LogP contribution in [0.15, 0.2) is 18.2 Å². The van der Waals surface area contributed by atoms with Gasteiger partial charge in [-0.25, -0.2) is 4.79 Å². The molecule has 15 nitrogen and oxygen atoms in total. The van der Waals surface area contributed by atoms with Crippen molar-refractivity contribution in [3.63, 3.8) is 0 Å². The van der Waals surface area contributed by atoms with Crippen molar-refractivity contribution in [1.82, 2.24) is 9.80 Å². The first kappa shape index (κ1) is 37.0. The predicted molar refractivity (Wildman–Crippen MR) is 115 cm³/mol. The molecule has 0 aliphatic carbocycles. The smallest absolute Gasteiger partial charge is 0.434 e. The van der Waals surface area contributed by atoms with Gasteiger partial charge in [-0.05, 0) is 24.1 Å². The van der Waals surface area contributed by atoms with Gasteiger partial charge in [-0.1, -0.05) is 6.07 Å². The molecule has 2 rings (SSSR count). The van der Waals surface area contributed by atoms with Crippen LogP contribution in [0.3, 0.4) is 0 Å². The minimum absolute atomic E-state index is 0.247. The first-order valence-corrected chi connectivity index (χ1v) is 11.4. The molecule has 1 saturated heterocycles. The summed E-state index contributed by atoms with van der Waals surface area (Å²) >= 11 is 0. The van der Waals surface area contributed by atoms with Crippen molar-refractivity contribution in [3.05, 3.63) is 29.3 Å². The van der Waals surface area contributed by atoms with E-state index in [1.165, 1.54) is 0 Å². The van der Waals surface area contributed by atoms with E-state index in [0.29, 0.717) is 18.2 Å². The lowest BCUT2D eigenvalue weighted by molar-refractivity contribution is -0.602. The van der Waals surface area contributed by atoms with Gasteiger partial charge < -0.3 is 56.0 Å². The van der Waals surface area contributed by atoms with Crippen molar-refractivity contribution >= 4 is 17.7 Å². The fourth-order valence-corrected chi connectivity index (χ4v) is 3.73. The summed E-state index contributed by atoms with van der Waals surface area (Å²) in [7, 11) is 0. The minimum atomic E-state index is -6.50. The Morgan fingerprint density at radius 3 is 1.70 bits per heavy atom. The molecule has 1 heterocycles. The number of benzene rings is 1. The number of carboxylic acid groups (broad SMARTS) is 1. The number of amides is 1. The molecule has 0 unspecified atom stereocenters. The van der Waals surface area contributed by atoms with Gasteiger partial charge in [-0.15, -0.1) is 0 Å². The standard InChI is InChI=1S/C20H22F9N3O12/c21-14(22,23)9-4-3-8(10(6-9)30-5-1-2-11(33)34)7-31-17(36,37)19(40,41)32(20(42,43)18(31,38)39)13(35)44-12(15(24,25)26)16(27,28)29/h3-4,6,12,30,36-43H,1-2,5,7H2,(H,33,34). The van der Waals surface area contributed by atoms with Crippen LogP contribution in [0.1, 0.15) is 24.0 Å². The number of carbonyl (C=O) groups is 2. The summed E-state index contributed by atoms with van der Waals surface area (Å²) in [5, 5.41) is 93.5. The summed E-state index contributed by atoms with van der Waals surface area (Å²) in [6, 6.07) is 1.07. The first-order chi connectivity index (χ1) is 19.5. The topological polar surface area (TPSA) is 244 Å². The van der Waals surface area contributed by atoms with Crippen molar-refractivity contribution in [1.29, 1.82) is 0 Å². The number of aliphatic carboxylic acids is 1. The van der Waals surface area contributed by atoms with Crippen LogP contribution in [0.2, 0.25) is 0 Å². The van der Waals surface area contributed by atoms with Crippen molar-refractivity contribution in [2.24, 2.45) is 0 Å². The largest absolute Gasteiger partial charge is 0.481 e. The second-order valence-corrected chi connectivity index (χ2v) is 9.10. The van der Waals surface area contributed by atoms with Gasteiger partial charge in [0.25, 0.3) is 6.10 Å². The van der Waals surface area contributed by atoms with E-state index in [0.717, 1.165) is 0 Å². The van der Waals surface area contributed by atoms with Crippen molar-refractivity contribution in [2.75, 3.05) is 11.9 Å². The van der Waals surface area contributed by atoms with E-state index >= 15 is 0 Å². The zero-order valence-electron chi connectivity index (χ0n) is 21.2. The molecule has 0 saturated carbocycles. The van der Waals surface area contributed by atoms with E-state index in [9.17, 15) is 90.0 Å². The summed E-state index contributed by atoms with van der Waals surface area (Å²) in [6.45, 7) is -2.12. The molecule has 1 fully saturated rings. The highest BCUT2D eigenvalue weighted by atomic mass is 19.4. The van der Waals surface area contributed by atoms with Crippen LogP contribution in [-0.2, 0) is 22.3 Å². The summed E-state index contributed by atoms with van der Waals surface area (Å²) in [5.41, 5.74) is -2.85. The van der Waals surface area contributed by atoms with Gasteiger partial charge in [0.2, 0.25) is 0 Å². The van der Waals surface area contributed by atoms with Crippen LogP contribution in [0.4, 0.5) is 50.0 Å². The Hall–Kier alpha value is -3.23. The van der Waals surface area contributed by atoms with E-state index in [-0.39, 0.29) is 6.42 Å². The lowest BCUT2D eigenvalue weighted by Gasteiger charge is -2.60. The lowest BCUT2D eigenvalue weighted by atomic mass is 10.0. The Morgan fingerprint density at radius 2 is 1.30 bits per heavy atom. The van der Waals surface area contributed by atoms with Gasteiger partial charge in [0.15, 0.2) is 0 Å². The third kappa shape index (κ3) is 7.02. The van der Waals surface area contributed by atoms with Crippen molar-refractivity contribution in [2.45, 2.75) is 67.7 Å². The molecule has 0 spiro atoms. The molecule has 0 atom stereocenters. The summed E-state index contributed by atoms with van der Waals surface area (Å²) in [4.78, 5) is 20.0. The van der Waals surface area contributed by atoms with Crippen LogP contribution < -0.4 is 5.32 Å². The Labute approximate surface area is 237 Å². The highest BCUT2D eigenvalue weighted by molar-refractivity contribution is 5.70. The van der Waals surface area contributed by atoms with E-state index in [1.807, 2.05) is 0 Å². The number of nitrogens with zero attached hydrogens (tertiary/aromatic N) is 2. The molecule has 1 aliphatic heterocycles. The maximum absolute atomic E-state index is 13.3. The molecule has 24 heteroatoms. The summed E-state index contributed by atoms with van der Waals surface area (Å²) in [5.74, 6) is -21.7. The molecule has 1 amide bonds. The highest BCUT2D eigenvalue weighted by Gasteiger charge is 2.79. The average Bonchev–Trinajstić information content (AvgIpc) is 2.80.